The zero-order valence-corrected chi connectivity index (χ0v) is 14.1. The Morgan fingerprint density at radius 3 is 3.04 bits per heavy atom. The van der Waals surface area contributed by atoms with E-state index in [-0.39, 0.29) is 0 Å². The molecule has 0 saturated carbocycles. The Kier molecular flexibility index (Phi) is 3.32. The second-order valence-corrected chi connectivity index (χ2v) is 6.10. The molecule has 0 amide bonds. The molecule has 0 atom stereocenters. The molecule has 5 aromatic rings. The summed E-state index contributed by atoms with van der Waals surface area (Å²) < 4.78 is 5.26. The number of hydrogen-bond donors (Lipinski definition) is 3. The van der Waals surface area contributed by atoms with E-state index >= 15 is 0 Å². The number of H-pyrrole nitrogens is 3. The number of ether oxygens (including phenoxy) is 1. The standard InChI is InChI=1S/C19H16N6O/c1-26-10-11-4-2-6-14-17(11)23-19(22-14)16-8-15(24-25-16)13-9-21-18-12(13)5-3-7-20-18/h2-9H,10H2,1H3,(H,20,21)(H,22,23)(H,24,25). The molecule has 4 aromatic heterocycles. The Labute approximate surface area is 148 Å². The molecule has 0 unspecified atom stereocenters. The van der Waals surface area contributed by atoms with Gasteiger partial charge in [0, 0.05) is 36.0 Å². The summed E-state index contributed by atoms with van der Waals surface area (Å²) in [6.45, 7) is 0.526. The number of aromatic amines is 3. The molecule has 7 heteroatoms. The number of benzene rings is 1. The van der Waals surface area contributed by atoms with Gasteiger partial charge in [0.05, 0.1) is 23.3 Å². The SMILES string of the molecule is COCc1cccc2[nH]c(-c3cc(-c4c[nH]c5ncccc45)n[nH]3)nc12. The van der Waals surface area contributed by atoms with Gasteiger partial charge in [0.25, 0.3) is 0 Å². The van der Waals surface area contributed by atoms with E-state index in [2.05, 4.69) is 25.1 Å². The van der Waals surface area contributed by atoms with Gasteiger partial charge in [0.2, 0.25) is 0 Å². The quantitative estimate of drug-likeness (QED) is 0.464. The van der Waals surface area contributed by atoms with E-state index in [1.807, 2.05) is 42.6 Å². The summed E-state index contributed by atoms with van der Waals surface area (Å²) in [4.78, 5) is 15.6. The molecular weight excluding hydrogens is 328 g/mol. The lowest BCUT2D eigenvalue weighted by atomic mass is 10.1. The zero-order chi connectivity index (χ0) is 17.5. The van der Waals surface area contributed by atoms with Crippen molar-refractivity contribution >= 4 is 22.1 Å². The molecule has 5 rings (SSSR count). The third-order valence-corrected chi connectivity index (χ3v) is 4.46. The van der Waals surface area contributed by atoms with Crippen LogP contribution >= 0.6 is 0 Å². The van der Waals surface area contributed by atoms with Gasteiger partial charge in [-0.3, -0.25) is 5.10 Å². The van der Waals surface area contributed by atoms with Gasteiger partial charge in [-0.05, 0) is 24.3 Å². The number of para-hydroxylation sites is 1. The molecule has 0 bridgehead atoms. The molecule has 0 radical (unpaired) electrons. The Hall–Kier alpha value is -3.45. The van der Waals surface area contributed by atoms with Crippen molar-refractivity contribution in [3.8, 4) is 22.8 Å². The molecule has 1 aromatic carbocycles. The van der Waals surface area contributed by atoms with Gasteiger partial charge in [-0.1, -0.05) is 12.1 Å². The van der Waals surface area contributed by atoms with Crippen LogP contribution in [0.1, 0.15) is 5.56 Å². The van der Waals surface area contributed by atoms with E-state index in [4.69, 9.17) is 9.72 Å². The highest BCUT2D eigenvalue weighted by Gasteiger charge is 2.14. The number of pyridine rings is 1. The Bertz CT molecular complexity index is 1220. The van der Waals surface area contributed by atoms with E-state index in [0.717, 1.165) is 50.4 Å². The van der Waals surface area contributed by atoms with Crippen LogP contribution in [0, 0.1) is 0 Å². The van der Waals surface area contributed by atoms with Gasteiger partial charge >= 0.3 is 0 Å². The molecule has 0 spiro atoms. The van der Waals surface area contributed by atoms with E-state index in [1.54, 1.807) is 13.3 Å². The van der Waals surface area contributed by atoms with Gasteiger partial charge in [-0.2, -0.15) is 5.10 Å². The second-order valence-electron chi connectivity index (χ2n) is 6.10. The van der Waals surface area contributed by atoms with Crippen LogP contribution in [-0.2, 0) is 11.3 Å². The lowest BCUT2D eigenvalue weighted by molar-refractivity contribution is 0.186. The van der Waals surface area contributed by atoms with Gasteiger partial charge in [-0.15, -0.1) is 0 Å². The van der Waals surface area contributed by atoms with Gasteiger partial charge in [0.1, 0.15) is 11.3 Å². The monoisotopic (exact) mass is 344 g/mol. The minimum atomic E-state index is 0.526. The summed E-state index contributed by atoms with van der Waals surface area (Å²) in [6.07, 6.45) is 3.69. The number of hydrogen-bond acceptors (Lipinski definition) is 4. The number of rotatable bonds is 4. The average molecular weight is 344 g/mol. The maximum atomic E-state index is 5.26. The molecule has 0 saturated heterocycles. The maximum Gasteiger partial charge on any atom is 0.156 e. The highest BCUT2D eigenvalue weighted by Crippen LogP contribution is 2.29. The van der Waals surface area contributed by atoms with Crippen LogP contribution in [-0.4, -0.2) is 37.2 Å². The van der Waals surface area contributed by atoms with Crippen LogP contribution in [0.4, 0.5) is 0 Å². The molecule has 0 fully saturated rings. The van der Waals surface area contributed by atoms with Crippen molar-refractivity contribution in [2.24, 2.45) is 0 Å². The van der Waals surface area contributed by atoms with Crippen LogP contribution in [0.25, 0.3) is 44.8 Å². The van der Waals surface area contributed by atoms with Crippen molar-refractivity contribution < 1.29 is 4.74 Å². The molecule has 0 aliphatic carbocycles. The van der Waals surface area contributed by atoms with Crippen LogP contribution in [0.5, 0.6) is 0 Å². The van der Waals surface area contributed by atoms with Crippen LogP contribution < -0.4 is 0 Å². The summed E-state index contributed by atoms with van der Waals surface area (Å²) in [5.41, 5.74) is 6.47. The molecule has 26 heavy (non-hydrogen) atoms. The fourth-order valence-corrected chi connectivity index (χ4v) is 3.24. The normalized spacial score (nSPS) is 11.6. The van der Waals surface area contributed by atoms with Crippen molar-refractivity contribution in [1.29, 1.82) is 0 Å². The minimum absolute atomic E-state index is 0.526. The van der Waals surface area contributed by atoms with Crippen molar-refractivity contribution in [3.05, 3.63) is 54.4 Å². The largest absolute Gasteiger partial charge is 0.380 e. The molecule has 4 heterocycles. The first-order valence-electron chi connectivity index (χ1n) is 8.28. The van der Waals surface area contributed by atoms with Crippen molar-refractivity contribution in [1.82, 2.24) is 30.1 Å². The van der Waals surface area contributed by atoms with E-state index < -0.39 is 0 Å². The lowest BCUT2D eigenvalue weighted by Crippen LogP contribution is -1.88. The number of imidazole rings is 1. The first-order valence-corrected chi connectivity index (χ1v) is 8.28. The molecular formula is C19H16N6O. The fourth-order valence-electron chi connectivity index (χ4n) is 3.24. The number of fused-ring (bicyclic) bond motifs is 2. The molecule has 3 N–H and O–H groups in total. The molecule has 0 aliphatic heterocycles. The summed E-state index contributed by atoms with van der Waals surface area (Å²) in [5, 5.41) is 8.57. The predicted molar refractivity (Wildman–Crippen MR) is 99.5 cm³/mol. The van der Waals surface area contributed by atoms with E-state index in [0.29, 0.717) is 6.61 Å². The smallest absolute Gasteiger partial charge is 0.156 e. The number of nitrogens with one attached hydrogen (secondary N) is 3. The first-order chi connectivity index (χ1) is 12.8. The van der Waals surface area contributed by atoms with Gasteiger partial charge < -0.3 is 14.7 Å². The number of methoxy groups -OCH3 is 1. The highest BCUT2D eigenvalue weighted by molar-refractivity contribution is 5.93. The van der Waals surface area contributed by atoms with Gasteiger partial charge in [0.15, 0.2) is 5.82 Å². The molecule has 0 aliphatic rings. The van der Waals surface area contributed by atoms with E-state index in [9.17, 15) is 0 Å². The summed E-state index contributed by atoms with van der Waals surface area (Å²) >= 11 is 0. The molecule has 128 valence electrons. The van der Waals surface area contributed by atoms with Crippen molar-refractivity contribution in [3.63, 3.8) is 0 Å². The zero-order valence-electron chi connectivity index (χ0n) is 14.1. The lowest BCUT2D eigenvalue weighted by Gasteiger charge is -1.98. The predicted octanol–water partition coefficient (Wildman–Crippen LogP) is 3.64. The van der Waals surface area contributed by atoms with Crippen molar-refractivity contribution in [2.75, 3.05) is 7.11 Å². The summed E-state index contributed by atoms with van der Waals surface area (Å²) in [5.74, 6) is 0.750. The Morgan fingerprint density at radius 2 is 2.12 bits per heavy atom. The minimum Gasteiger partial charge on any atom is -0.380 e. The summed E-state index contributed by atoms with van der Waals surface area (Å²) in [7, 11) is 1.68. The summed E-state index contributed by atoms with van der Waals surface area (Å²) in [6, 6.07) is 12.0. The average Bonchev–Trinajstić information content (AvgIpc) is 3.39. The number of nitrogens with zero attached hydrogens (tertiary/aromatic N) is 3. The molecule has 7 nitrogen and oxygen atoms in total. The second kappa shape index (κ2) is 5.82. The third-order valence-electron chi connectivity index (χ3n) is 4.46. The van der Waals surface area contributed by atoms with Crippen molar-refractivity contribution in [2.45, 2.75) is 6.61 Å². The Morgan fingerprint density at radius 1 is 1.15 bits per heavy atom. The highest BCUT2D eigenvalue weighted by atomic mass is 16.5. The van der Waals surface area contributed by atoms with Crippen LogP contribution in [0.3, 0.4) is 0 Å². The van der Waals surface area contributed by atoms with E-state index in [1.165, 1.54) is 0 Å². The Balaban J connectivity index is 1.58. The maximum absolute atomic E-state index is 5.26. The van der Waals surface area contributed by atoms with Crippen LogP contribution in [0.15, 0.2) is 48.8 Å². The fraction of sp³-hybridized carbons (Fsp3) is 0.105. The topological polar surface area (TPSA) is 95.3 Å². The van der Waals surface area contributed by atoms with Gasteiger partial charge in [-0.25, -0.2) is 9.97 Å². The van der Waals surface area contributed by atoms with Crippen LogP contribution in [0.2, 0.25) is 0 Å². The first kappa shape index (κ1) is 14.9. The number of aromatic nitrogens is 6. The third kappa shape index (κ3) is 2.29.